The molecule has 0 atom stereocenters. The van der Waals surface area contributed by atoms with Gasteiger partial charge in [-0.15, -0.1) is 0 Å². The van der Waals surface area contributed by atoms with E-state index in [0.717, 1.165) is 6.54 Å². The van der Waals surface area contributed by atoms with Gasteiger partial charge in [0.25, 0.3) is 0 Å². The summed E-state index contributed by atoms with van der Waals surface area (Å²) >= 11 is 0. The van der Waals surface area contributed by atoms with Gasteiger partial charge >= 0.3 is 10.1 Å². The van der Waals surface area contributed by atoms with Gasteiger partial charge in [0.15, 0.2) is 0 Å². The number of hydrogen-bond acceptors (Lipinski definition) is 1. The molecule has 1 aromatic carbocycles. The molecule has 0 aromatic heterocycles. The number of hydrogen-bond donors (Lipinski definition) is 0. The summed E-state index contributed by atoms with van der Waals surface area (Å²) in [4.78, 5) is 2.69. The molecule has 1 saturated heterocycles. The maximum Gasteiger partial charge on any atom is 2.00 e. The van der Waals surface area contributed by atoms with Crippen molar-refractivity contribution in [3.05, 3.63) is 29.3 Å². The smallest absolute Gasteiger partial charge is 1.00 e. The summed E-state index contributed by atoms with van der Waals surface area (Å²) < 4.78 is 0. The summed E-state index contributed by atoms with van der Waals surface area (Å²) in [5.41, 5.74) is 5.15. The molecule has 0 aliphatic carbocycles. The molecule has 0 amide bonds. The second-order valence-electron chi connectivity index (χ2n) is 8.83. The Bertz CT molecular complexity index is 498. The molecule has 0 bridgehead atoms. The van der Waals surface area contributed by atoms with Gasteiger partial charge in [0.1, 0.15) is 0 Å². The van der Waals surface area contributed by atoms with Gasteiger partial charge in [0, 0.05) is 17.8 Å². The Kier molecular flexibility index (Phi) is 9.67. The van der Waals surface area contributed by atoms with Crippen LogP contribution in [0.4, 0.5) is 5.69 Å². The van der Waals surface area contributed by atoms with Crippen molar-refractivity contribution in [2.75, 3.05) is 11.4 Å². The van der Waals surface area contributed by atoms with E-state index in [-0.39, 0.29) is 40.5 Å². The van der Waals surface area contributed by atoms with Crippen molar-refractivity contribution >= 4 is 15.8 Å². The molecule has 1 aliphatic rings. The zero-order chi connectivity index (χ0) is 16.0. The predicted molar refractivity (Wildman–Crippen MR) is 100 cm³/mol. The molecule has 0 radical (unpaired) electrons. The van der Waals surface area contributed by atoms with Crippen LogP contribution in [-0.4, -0.2) is 22.2 Å². The van der Waals surface area contributed by atoms with E-state index >= 15 is 0 Å². The Morgan fingerprint density at radius 1 is 0.875 bits per heavy atom. The monoisotopic (exact) mass is 366 g/mol. The Morgan fingerprint density at radius 3 is 1.58 bits per heavy atom. The molecular weight excluding hydrogens is 334 g/mol. The number of halogens is 2. The van der Waals surface area contributed by atoms with Crippen molar-refractivity contribution in [3.63, 3.8) is 0 Å². The standard InChI is InChI=1S/C20H33N.Be.2ClH/c1-14(2)16-10-9-11-17(15(3)4)18(16)21-13-19(5,6)12-20(21,7)8;;;/h9-11,14-15H,12-13H2,1-8H3;;2*1H/q;+2;;/p-2. The summed E-state index contributed by atoms with van der Waals surface area (Å²) in [6.45, 7) is 20.0. The third-order valence-corrected chi connectivity index (χ3v) is 4.84. The second kappa shape index (κ2) is 8.93. The van der Waals surface area contributed by atoms with Gasteiger partial charge < -0.3 is 29.7 Å². The quantitative estimate of drug-likeness (QED) is 0.656. The van der Waals surface area contributed by atoms with E-state index in [1.807, 2.05) is 0 Å². The van der Waals surface area contributed by atoms with Crippen molar-refractivity contribution in [1.82, 2.24) is 0 Å². The number of nitrogens with zero attached hydrogens (tertiary/aromatic N) is 1. The van der Waals surface area contributed by atoms with E-state index in [0.29, 0.717) is 17.3 Å². The van der Waals surface area contributed by atoms with E-state index in [1.54, 1.807) is 0 Å². The molecular formula is C20H33BeCl2N. The first-order chi connectivity index (χ1) is 9.55. The summed E-state index contributed by atoms with van der Waals surface area (Å²) in [6.07, 6.45) is 1.25. The Labute approximate surface area is 166 Å². The van der Waals surface area contributed by atoms with Gasteiger partial charge in [-0.2, -0.15) is 0 Å². The zero-order valence-corrected chi connectivity index (χ0v) is 18.2. The van der Waals surface area contributed by atoms with Crippen LogP contribution >= 0.6 is 0 Å². The second-order valence-corrected chi connectivity index (χ2v) is 8.83. The molecule has 1 aliphatic heterocycles. The fraction of sp³-hybridized carbons (Fsp3) is 0.700. The first-order valence-corrected chi connectivity index (χ1v) is 8.45. The van der Waals surface area contributed by atoms with E-state index < -0.39 is 0 Å². The van der Waals surface area contributed by atoms with E-state index in [4.69, 9.17) is 0 Å². The Morgan fingerprint density at radius 2 is 1.29 bits per heavy atom. The summed E-state index contributed by atoms with van der Waals surface area (Å²) in [6, 6.07) is 6.89. The Hall–Kier alpha value is -0.231. The number of anilines is 1. The van der Waals surface area contributed by atoms with Gasteiger partial charge in [-0.1, -0.05) is 59.7 Å². The molecule has 1 aromatic rings. The van der Waals surface area contributed by atoms with Crippen LogP contribution in [-0.2, 0) is 0 Å². The first-order valence-electron chi connectivity index (χ1n) is 8.45. The topological polar surface area (TPSA) is 3.24 Å². The van der Waals surface area contributed by atoms with Crippen molar-refractivity contribution in [2.45, 2.75) is 79.2 Å². The van der Waals surface area contributed by atoms with Crippen LogP contribution in [0.25, 0.3) is 0 Å². The van der Waals surface area contributed by atoms with Crippen LogP contribution in [0.15, 0.2) is 18.2 Å². The van der Waals surface area contributed by atoms with Crippen molar-refractivity contribution in [3.8, 4) is 0 Å². The molecule has 0 N–H and O–H groups in total. The van der Waals surface area contributed by atoms with Crippen molar-refractivity contribution in [2.24, 2.45) is 5.41 Å². The van der Waals surface area contributed by atoms with Crippen LogP contribution in [0.1, 0.15) is 84.8 Å². The third kappa shape index (κ3) is 5.13. The molecule has 4 heteroatoms. The predicted octanol–water partition coefficient (Wildman–Crippen LogP) is -0.424. The van der Waals surface area contributed by atoms with Gasteiger partial charge in [0.2, 0.25) is 0 Å². The van der Waals surface area contributed by atoms with Crippen LogP contribution in [0.5, 0.6) is 0 Å². The Balaban J connectivity index is 0. The average Bonchev–Trinajstić information content (AvgIpc) is 2.55. The molecule has 1 nitrogen and oxygen atoms in total. The van der Waals surface area contributed by atoms with Gasteiger partial charge in [-0.05, 0) is 48.6 Å². The van der Waals surface area contributed by atoms with E-state index in [9.17, 15) is 0 Å². The number of benzene rings is 1. The SMILES string of the molecule is CC(C)c1cccc(C(C)C)c1N1CC(C)(C)CC1(C)C.[Be+2].[Cl-].[Cl-]. The van der Waals surface area contributed by atoms with Crippen LogP contribution < -0.4 is 29.7 Å². The maximum atomic E-state index is 2.69. The van der Waals surface area contributed by atoms with Crippen LogP contribution in [0.3, 0.4) is 0 Å². The molecule has 0 spiro atoms. The molecule has 0 unspecified atom stereocenters. The molecule has 0 saturated carbocycles. The minimum Gasteiger partial charge on any atom is -1.00 e. The number of para-hydroxylation sites is 1. The first kappa shape index (κ1) is 26.0. The maximum absolute atomic E-state index is 2.69. The fourth-order valence-corrected chi connectivity index (χ4v) is 4.17. The van der Waals surface area contributed by atoms with Gasteiger partial charge in [0.05, 0.1) is 0 Å². The van der Waals surface area contributed by atoms with E-state index in [1.165, 1.54) is 23.2 Å². The molecule has 2 rings (SSSR count). The summed E-state index contributed by atoms with van der Waals surface area (Å²) in [7, 11) is 0. The minimum atomic E-state index is 0. The summed E-state index contributed by atoms with van der Waals surface area (Å²) in [5.74, 6) is 1.14. The average molecular weight is 367 g/mol. The van der Waals surface area contributed by atoms with Crippen LogP contribution in [0.2, 0.25) is 0 Å². The minimum absolute atomic E-state index is 0. The molecule has 24 heavy (non-hydrogen) atoms. The van der Waals surface area contributed by atoms with Crippen molar-refractivity contribution < 1.29 is 24.8 Å². The normalized spacial score (nSPS) is 18.0. The van der Waals surface area contributed by atoms with Gasteiger partial charge in [-0.25, -0.2) is 0 Å². The molecule has 134 valence electrons. The molecule has 1 fully saturated rings. The van der Waals surface area contributed by atoms with Crippen LogP contribution in [0, 0.1) is 5.41 Å². The third-order valence-electron chi connectivity index (χ3n) is 4.84. The van der Waals surface area contributed by atoms with Crippen molar-refractivity contribution in [1.29, 1.82) is 0 Å². The zero-order valence-electron chi connectivity index (χ0n) is 16.7. The molecule has 1 heterocycles. The summed E-state index contributed by atoms with van der Waals surface area (Å²) in [5, 5.41) is 0. The van der Waals surface area contributed by atoms with Gasteiger partial charge in [-0.3, -0.25) is 0 Å². The van der Waals surface area contributed by atoms with E-state index in [2.05, 4.69) is 78.5 Å². The fourth-order valence-electron chi connectivity index (χ4n) is 4.17. The largest absolute Gasteiger partial charge is 2.00 e. The number of rotatable bonds is 3.